The zero-order chi connectivity index (χ0) is 14.1. The maximum absolute atomic E-state index is 5.97. The third kappa shape index (κ3) is 3.08. The summed E-state index contributed by atoms with van der Waals surface area (Å²) < 4.78 is 0. The monoisotopic (exact) mass is 306 g/mol. The number of pyridine rings is 1. The van der Waals surface area contributed by atoms with Gasteiger partial charge in [0, 0.05) is 5.02 Å². The van der Waals surface area contributed by atoms with Gasteiger partial charge in [0.05, 0.1) is 17.9 Å². The Bertz CT molecular complexity index is 606. The molecule has 0 saturated heterocycles. The van der Waals surface area contributed by atoms with Gasteiger partial charge in [0.1, 0.15) is 5.15 Å². The number of halogens is 2. The van der Waals surface area contributed by atoms with Crippen molar-refractivity contribution in [3.05, 3.63) is 57.8 Å². The largest absolute Gasteiger partial charge is 0.377 e. The van der Waals surface area contributed by atoms with Crippen molar-refractivity contribution < 1.29 is 0 Å². The smallest absolute Gasteiger partial charge is 0.132 e. The van der Waals surface area contributed by atoms with Crippen LogP contribution in [0.25, 0.3) is 0 Å². The van der Waals surface area contributed by atoms with Crippen LogP contribution in [0.4, 0.5) is 5.69 Å². The lowest BCUT2D eigenvalue weighted by Crippen LogP contribution is -2.13. The van der Waals surface area contributed by atoms with Gasteiger partial charge in [-0.15, -0.1) is 0 Å². The first kappa shape index (κ1) is 13.7. The summed E-state index contributed by atoms with van der Waals surface area (Å²) in [6.07, 6.45) is 4.32. The van der Waals surface area contributed by atoms with Crippen molar-refractivity contribution >= 4 is 28.9 Å². The first-order chi connectivity index (χ1) is 9.63. The van der Waals surface area contributed by atoms with Crippen molar-refractivity contribution in [3.8, 4) is 0 Å². The molecule has 3 rings (SSSR count). The van der Waals surface area contributed by atoms with E-state index in [-0.39, 0.29) is 0 Å². The van der Waals surface area contributed by atoms with E-state index >= 15 is 0 Å². The van der Waals surface area contributed by atoms with Gasteiger partial charge in [-0.05, 0) is 55.0 Å². The average molecular weight is 307 g/mol. The van der Waals surface area contributed by atoms with Crippen LogP contribution < -0.4 is 5.32 Å². The minimum atomic E-state index is 0.314. The molecular formula is C16H16Cl2N2. The minimum Gasteiger partial charge on any atom is -0.377 e. The highest BCUT2D eigenvalue weighted by Crippen LogP contribution is 2.43. The highest BCUT2D eigenvalue weighted by atomic mass is 35.5. The normalized spacial score (nSPS) is 15.9. The van der Waals surface area contributed by atoms with Crippen molar-refractivity contribution in [1.82, 2.24) is 4.98 Å². The molecule has 1 saturated carbocycles. The predicted octanol–water partition coefficient (Wildman–Crippen LogP) is 5.26. The Labute approximate surface area is 129 Å². The van der Waals surface area contributed by atoms with Gasteiger partial charge in [-0.1, -0.05) is 35.3 Å². The number of aromatic nitrogens is 1. The molecule has 0 spiro atoms. The molecule has 1 atom stereocenters. The summed E-state index contributed by atoms with van der Waals surface area (Å²) >= 11 is 11.9. The highest BCUT2D eigenvalue weighted by Gasteiger charge is 2.32. The molecule has 1 aromatic heterocycles. The van der Waals surface area contributed by atoms with E-state index in [1.165, 1.54) is 18.4 Å². The molecule has 2 aromatic rings. The number of hydrogen-bond donors (Lipinski definition) is 1. The Balaban J connectivity index is 1.84. The number of hydrogen-bond acceptors (Lipinski definition) is 2. The van der Waals surface area contributed by atoms with Crippen LogP contribution in [-0.2, 0) is 0 Å². The Morgan fingerprint density at radius 1 is 1.20 bits per heavy atom. The van der Waals surface area contributed by atoms with Gasteiger partial charge in [-0.3, -0.25) is 0 Å². The van der Waals surface area contributed by atoms with E-state index in [4.69, 9.17) is 23.2 Å². The van der Waals surface area contributed by atoms with Crippen LogP contribution in [0.15, 0.2) is 36.5 Å². The number of nitrogens with one attached hydrogen (secondary N) is 1. The summed E-state index contributed by atoms with van der Waals surface area (Å²) in [7, 11) is 0. The van der Waals surface area contributed by atoms with Gasteiger partial charge in [0.15, 0.2) is 0 Å². The van der Waals surface area contributed by atoms with Gasteiger partial charge < -0.3 is 5.32 Å². The Morgan fingerprint density at radius 3 is 2.50 bits per heavy atom. The van der Waals surface area contributed by atoms with Crippen molar-refractivity contribution in [1.29, 1.82) is 0 Å². The molecule has 1 fully saturated rings. The second-order valence-corrected chi connectivity index (χ2v) is 6.14. The van der Waals surface area contributed by atoms with E-state index in [1.807, 2.05) is 25.1 Å². The average Bonchev–Trinajstić information content (AvgIpc) is 3.26. The van der Waals surface area contributed by atoms with E-state index in [9.17, 15) is 0 Å². The van der Waals surface area contributed by atoms with Gasteiger partial charge in [-0.2, -0.15) is 0 Å². The van der Waals surface area contributed by atoms with Crippen molar-refractivity contribution in [3.63, 3.8) is 0 Å². The quantitative estimate of drug-likeness (QED) is 0.779. The van der Waals surface area contributed by atoms with Crippen LogP contribution in [0.1, 0.15) is 30.0 Å². The maximum atomic E-state index is 5.97. The van der Waals surface area contributed by atoms with Crippen LogP contribution in [-0.4, -0.2) is 4.98 Å². The Kier molecular flexibility index (Phi) is 3.86. The number of anilines is 1. The van der Waals surface area contributed by atoms with Crippen LogP contribution in [0.2, 0.25) is 10.2 Å². The summed E-state index contributed by atoms with van der Waals surface area (Å²) in [5, 5.41) is 4.91. The van der Waals surface area contributed by atoms with E-state index in [0.717, 1.165) is 16.3 Å². The van der Waals surface area contributed by atoms with Crippen LogP contribution >= 0.6 is 23.2 Å². The predicted molar refractivity (Wildman–Crippen MR) is 84.5 cm³/mol. The molecule has 0 bridgehead atoms. The highest BCUT2D eigenvalue weighted by molar-refractivity contribution is 6.30. The van der Waals surface area contributed by atoms with Gasteiger partial charge in [0.25, 0.3) is 0 Å². The molecule has 0 radical (unpaired) electrons. The molecule has 1 aromatic carbocycles. The fourth-order valence-electron chi connectivity index (χ4n) is 2.39. The Hall–Kier alpha value is -1.25. The van der Waals surface area contributed by atoms with E-state index in [1.54, 1.807) is 6.20 Å². The number of benzene rings is 1. The molecule has 20 heavy (non-hydrogen) atoms. The number of rotatable bonds is 4. The summed E-state index contributed by atoms with van der Waals surface area (Å²) in [6, 6.07) is 10.4. The Morgan fingerprint density at radius 2 is 1.90 bits per heavy atom. The zero-order valence-corrected chi connectivity index (χ0v) is 12.7. The van der Waals surface area contributed by atoms with E-state index in [2.05, 4.69) is 22.4 Å². The lowest BCUT2D eigenvalue weighted by Gasteiger charge is -2.20. The second kappa shape index (κ2) is 5.63. The summed E-state index contributed by atoms with van der Waals surface area (Å²) in [4.78, 5) is 4.20. The van der Waals surface area contributed by atoms with Gasteiger partial charge in [0.2, 0.25) is 0 Å². The summed E-state index contributed by atoms with van der Waals surface area (Å²) in [5.74, 6) is 0.687. The third-order valence-corrected chi connectivity index (χ3v) is 4.31. The molecule has 1 aliphatic carbocycles. The fraction of sp³-hybridized carbons (Fsp3) is 0.312. The van der Waals surface area contributed by atoms with Gasteiger partial charge >= 0.3 is 0 Å². The molecular weight excluding hydrogens is 291 g/mol. The van der Waals surface area contributed by atoms with E-state index < -0.39 is 0 Å². The lowest BCUT2D eigenvalue weighted by molar-refractivity contribution is 0.678. The first-order valence-corrected chi connectivity index (χ1v) is 7.53. The molecule has 1 aliphatic rings. The van der Waals surface area contributed by atoms with E-state index in [0.29, 0.717) is 17.1 Å². The second-order valence-electron chi connectivity index (χ2n) is 5.34. The molecule has 0 aliphatic heterocycles. The molecule has 1 unspecified atom stereocenters. The zero-order valence-electron chi connectivity index (χ0n) is 11.2. The molecule has 0 amide bonds. The minimum absolute atomic E-state index is 0.314. The third-order valence-electron chi connectivity index (χ3n) is 3.66. The maximum Gasteiger partial charge on any atom is 0.132 e. The summed E-state index contributed by atoms with van der Waals surface area (Å²) in [6.45, 7) is 1.97. The molecule has 1 N–H and O–H groups in total. The first-order valence-electron chi connectivity index (χ1n) is 6.77. The standard InChI is InChI=1S/C16H16Cl2N2/c1-10-8-14(9-19-16(10)18)20-15(11-2-3-11)12-4-6-13(17)7-5-12/h4-9,11,15,20H,2-3H2,1H3. The van der Waals surface area contributed by atoms with Gasteiger partial charge in [-0.25, -0.2) is 4.98 Å². The van der Waals surface area contributed by atoms with Crippen molar-refractivity contribution in [2.75, 3.05) is 5.32 Å². The lowest BCUT2D eigenvalue weighted by atomic mass is 10.0. The number of nitrogens with zero attached hydrogens (tertiary/aromatic N) is 1. The van der Waals surface area contributed by atoms with Crippen LogP contribution in [0, 0.1) is 12.8 Å². The molecule has 1 heterocycles. The van der Waals surface area contributed by atoms with Crippen LogP contribution in [0.5, 0.6) is 0 Å². The van der Waals surface area contributed by atoms with Crippen LogP contribution in [0.3, 0.4) is 0 Å². The fourth-order valence-corrected chi connectivity index (χ4v) is 2.62. The van der Waals surface area contributed by atoms with Crippen molar-refractivity contribution in [2.24, 2.45) is 5.92 Å². The molecule has 104 valence electrons. The molecule has 2 nitrogen and oxygen atoms in total. The molecule has 4 heteroatoms. The van der Waals surface area contributed by atoms with Crippen molar-refractivity contribution in [2.45, 2.75) is 25.8 Å². The number of aryl methyl sites for hydroxylation is 1. The SMILES string of the molecule is Cc1cc(NC(c2ccc(Cl)cc2)C2CC2)cnc1Cl. The topological polar surface area (TPSA) is 24.9 Å². The summed E-state index contributed by atoms with van der Waals surface area (Å²) in [5.41, 5.74) is 3.27.